The third-order valence-electron chi connectivity index (χ3n) is 4.92. The Morgan fingerprint density at radius 2 is 2.00 bits per heavy atom. The van der Waals surface area contributed by atoms with E-state index in [-0.39, 0.29) is 6.10 Å². The van der Waals surface area contributed by atoms with Crippen molar-refractivity contribution in [2.24, 2.45) is 23.2 Å². The molecule has 0 aromatic carbocycles. The van der Waals surface area contributed by atoms with Gasteiger partial charge >= 0.3 is 0 Å². The van der Waals surface area contributed by atoms with E-state index in [4.69, 9.17) is 0 Å². The van der Waals surface area contributed by atoms with Crippen molar-refractivity contribution < 1.29 is 5.11 Å². The van der Waals surface area contributed by atoms with Gasteiger partial charge in [0.25, 0.3) is 0 Å². The fraction of sp³-hybridized carbons (Fsp3) is 0.733. The molecular formula is C15H24O. The van der Waals surface area contributed by atoms with Crippen molar-refractivity contribution in [3.05, 3.63) is 23.8 Å². The summed E-state index contributed by atoms with van der Waals surface area (Å²) in [6.45, 7) is 9.13. The highest BCUT2D eigenvalue weighted by Gasteiger charge is 2.40. The Hall–Kier alpha value is -0.560. The zero-order valence-corrected chi connectivity index (χ0v) is 10.9. The van der Waals surface area contributed by atoms with Crippen LogP contribution in [0.3, 0.4) is 0 Å². The Labute approximate surface area is 99.3 Å². The molecule has 4 atom stereocenters. The predicted octanol–water partition coefficient (Wildman–Crippen LogP) is 3.55. The Balaban J connectivity index is 2.14. The van der Waals surface area contributed by atoms with Gasteiger partial charge in [-0.25, -0.2) is 0 Å². The molecule has 0 aliphatic heterocycles. The van der Waals surface area contributed by atoms with Crippen LogP contribution in [0, 0.1) is 23.2 Å². The summed E-state index contributed by atoms with van der Waals surface area (Å²) in [4.78, 5) is 0. The largest absolute Gasteiger partial charge is 0.389 e. The summed E-state index contributed by atoms with van der Waals surface area (Å²) in [6.07, 6.45) is 8.76. The second-order valence-electron chi connectivity index (χ2n) is 6.20. The molecule has 0 bridgehead atoms. The molecule has 1 heteroatoms. The molecule has 0 fully saturated rings. The van der Waals surface area contributed by atoms with Crippen LogP contribution in [0.4, 0.5) is 0 Å². The van der Waals surface area contributed by atoms with Crippen LogP contribution in [0.15, 0.2) is 23.8 Å². The van der Waals surface area contributed by atoms with Gasteiger partial charge in [-0.1, -0.05) is 44.6 Å². The summed E-state index contributed by atoms with van der Waals surface area (Å²) < 4.78 is 0. The number of aliphatic hydroxyl groups is 1. The number of allylic oxidation sites excluding steroid dienone is 3. The van der Waals surface area contributed by atoms with Gasteiger partial charge in [-0.05, 0) is 42.9 Å². The molecule has 0 saturated heterocycles. The summed E-state index contributed by atoms with van der Waals surface area (Å²) in [6, 6.07) is 0. The molecule has 0 saturated carbocycles. The molecule has 2 aliphatic rings. The lowest BCUT2D eigenvalue weighted by Crippen LogP contribution is -2.32. The van der Waals surface area contributed by atoms with Crippen molar-refractivity contribution in [2.45, 2.75) is 46.6 Å². The van der Waals surface area contributed by atoms with Crippen molar-refractivity contribution >= 4 is 0 Å². The standard InChI is InChI=1S/C15H24O/c1-10-9-12(6-8-14(10)16)13-7-5-11(2)15(13,3)4/h5-6,8,10,12-14,16H,7,9H2,1-4H3/t10-,12-,13-,14-/m0/s1. The number of aliphatic hydroxyl groups excluding tert-OH is 1. The summed E-state index contributed by atoms with van der Waals surface area (Å²) in [5.74, 6) is 1.77. The van der Waals surface area contributed by atoms with Crippen molar-refractivity contribution in [1.82, 2.24) is 0 Å². The summed E-state index contributed by atoms with van der Waals surface area (Å²) >= 11 is 0. The van der Waals surface area contributed by atoms with Gasteiger partial charge in [-0.3, -0.25) is 0 Å². The van der Waals surface area contributed by atoms with Gasteiger partial charge in [0, 0.05) is 0 Å². The average Bonchev–Trinajstić information content (AvgIpc) is 2.47. The van der Waals surface area contributed by atoms with Crippen molar-refractivity contribution in [3.8, 4) is 0 Å². The van der Waals surface area contributed by atoms with Crippen LogP contribution in [-0.2, 0) is 0 Å². The minimum atomic E-state index is -0.227. The van der Waals surface area contributed by atoms with Gasteiger partial charge in [0.15, 0.2) is 0 Å². The molecule has 90 valence electrons. The smallest absolute Gasteiger partial charge is 0.0746 e. The van der Waals surface area contributed by atoms with Crippen LogP contribution in [0.5, 0.6) is 0 Å². The normalized spacial score (nSPS) is 42.2. The first-order chi connectivity index (χ1) is 7.43. The van der Waals surface area contributed by atoms with E-state index in [0.717, 1.165) is 12.3 Å². The fourth-order valence-corrected chi connectivity index (χ4v) is 3.26. The van der Waals surface area contributed by atoms with Crippen LogP contribution < -0.4 is 0 Å². The molecule has 0 spiro atoms. The van der Waals surface area contributed by atoms with E-state index in [1.54, 1.807) is 0 Å². The van der Waals surface area contributed by atoms with E-state index in [0.29, 0.717) is 17.3 Å². The third-order valence-corrected chi connectivity index (χ3v) is 4.92. The van der Waals surface area contributed by atoms with Crippen molar-refractivity contribution in [1.29, 1.82) is 0 Å². The van der Waals surface area contributed by atoms with E-state index in [1.807, 2.05) is 6.08 Å². The van der Waals surface area contributed by atoms with E-state index in [2.05, 4.69) is 39.8 Å². The Kier molecular flexibility index (Phi) is 3.00. The topological polar surface area (TPSA) is 20.2 Å². The van der Waals surface area contributed by atoms with Crippen molar-refractivity contribution in [3.63, 3.8) is 0 Å². The van der Waals surface area contributed by atoms with Gasteiger partial charge in [-0.2, -0.15) is 0 Å². The highest BCUT2D eigenvalue weighted by molar-refractivity contribution is 5.21. The van der Waals surface area contributed by atoms with Gasteiger partial charge in [0.05, 0.1) is 6.10 Å². The predicted molar refractivity (Wildman–Crippen MR) is 68.1 cm³/mol. The van der Waals surface area contributed by atoms with Crippen LogP contribution in [-0.4, -0.2) is 11.2 Å². The maximum atomic E-state index is 9.72. The SMILES string of the molecule is CC1=CC[C@@H]([C@H]2C=C[C@H](O)[C@@H](C)C2)C1(C)C. The highest BCUT2D eigenvalue weighted by atomic mass is 16.3. The quantitative estimate of drug-likeness (QED) is 0.670. The lowest BCUT2D eigenvalue weighted by Gasteiger charge is -2.38. The first-order valence-electron chi connectivity index (χ1n) is 6.46. The van der Waals surface area contributed by atoms with E-state index >= 15 is 0 Å². The third kappa shape index (κ3) is 1.86. The summed E-state index contributed by atoms with van der Waals surface area (Å²) in [5.41, 5.74) is 1.86. The average molecular weight is 220 g/mol. The van der Waals surface area contributed by atoms with Crippen molar-refractivity contribution in [2.75, 3.05) is 0 Å². The highest BCUT2D eigenvalue weighted by Crippen LogP contribution is 2.49. The summed E-state index contributed by atoms with van der Waals surface area (Å²) in [7, 11) is 0. The molecule has 0 aromatic rings. The number of hydrogen-bond acceptors (Lipinski definition) is 1. The molecule has 2 aliphatic carbocycles. The van der Waals surface area contributed by atoms with Crippen LogP contribution >= 0.6 is 0 Å². The molecule has 0 heterocycles. The minimum Gasteiger partial charge on any atom is -0.389 e. The lowest BCUT2D eigenvalue weighted by molar-refractivity contribution is 0.112. The monoisotopic (exact) mass is 220 g/mol. The Bertz CT molecular complexity index is 324. The summed E-state index contributed by atoms with van der Waals surface area (Å²) in [5, 5.41) is 9.72. The molecule has 1 N–H and O–H groups in total. The molecule has 0 unspecified atom stereocenters. The maximum absolute atomic E-state index is 9.72. The molecule has 16 heavy (non-hydrogen) atoms. The molecular weight excluding hydrogens is 196 g/mol. The second-order valence-corrected chi connectivity index (χ2v) is 6.20. The Morgan fingerprint density at radius 1 is 1.31 bits per heavy atom. The van der Waals surface area contributed by atoms with Gasteiger partial charge in [0.2, 0.25) is 0 Å². The van der Waals surface area contributed by atoms with E-state index in [9.17, 15) is 5.11 Å². The van der Waals surface area contributed by atoms with Crippen LogP contribution in [0.1, 0.15) is 40.5 Å². The first kappa shape index (κ1) is 11.9. The minimum absolute atomic E-state index is 0.227. The maximum Gasteiger partial charge on any atom is 0.0746 e. The zero-order valence-electron chi connectivity index (χ0n) is 10.9. The Morgan fingerprint density at radius 3 is 2.50 bits per heavy atom. The second kappa shape index (κ2) is 4.03. The molecule has 1 nitrogen and oxygen atoms in total. The number of hydrogen-bond donors (Lipinski definition) is 1. The first-order valence-corrected chi connectivity index (χ1v) is 6.46. The molecule has 0 radical (unpaired) electrons. The number of rotatable bonds is 1. The van der Waals surface area contributed by atoms with E-state index < -0.39 is 0 Å². The van der Waals surface area contributed by atoms with Crippen LogP contribution in [0.2, 0.25) is 0 Å². The van der Waals surface area contributed by atoms with Gasteiger partial charge in [0.1, 0.15) is 0 Å². The fourth-order valence-electron chi connectivity index (χ4n) is 3.26. The molecule has 2 rings (SSSR count). The van der Waals surface area contributed by atoms with Gasteiger partial charge in [-0.15, -0.1) is 0 Å². The molecule has 0 aromatic heterocycles. The molecule has 0 amide bonds. The zero-order chi connectivity index (χ0) is 11.9. The lowest BCUT2D eigenvalue weighted by atomic mass is 9.67. The van der Waals surface area contributed by atoms with Crippen LogP contribution in [0.25, 0.3) is 0 Å². The van der Waals surface area contributed by atoms with Gasteiger partial charge < -0.3 is 5.11 Å². The van der Waals surface area contributed by atoms with E-state index in [1.165, 1.54) is 12.0 Å².